The minimum absolute atomic E-state index is 0.336. The monoisotopic (exact) mass is 227 g/mol. The van der Waals surface area contributed by atoms with E-state index in [4.69, 9.17) is 9.47 Å². The Bertz CT molecular complexity index is 202. The van der Waals surface area contributed by atoms with Gasteiger partial charge in [-0.05, 0) is 25.7 Å². The Labute approximate surface area is 98.9 Å². The first-order valence-electron chi connectivity index (χ1n) is 6.74. The van der Waals surface area contributed by atoms with E-state index in [2.05, 4.69) is 19.2 Å². The summed E-state index contributed by atoms with van der Waals surface area (Å²) in [6.45, 7) is 7.31. The van der Waals surface area contributed by atoms with E-state index < -0.39 is 0 Å². The minimum atomic E-state index is 0.336. The molecule has 2 saturated heterocycles. The van der Waals surface area contributed by atoms with Gasteiger partial charge in [-0.25, -0.2) is 0 Å². The lowest BCUT2D eigenvalue weighted by Crippen LogP contribution is -2.44. The molecule has 0 aliphatic carbocycles. The second kappa shape index (κ2) is 5.99. The highest BCUT2D eigenvalue weighted by atomic mass is 16.5. The first kappa shape index (κ1) is 12.3. The molecule has 3 heteroatoms. The highest BCUT2D eigenvalue weighted by molar-refractivity contribution is 4.85. The van der Waals surface area contributed by atoms with E-state index in [0.29, 0.717) is 24.2 Å². The third kappa shape index (κ3) is 3.19. The van der Waals surface area contributed by atoms with Crippen molar-refractivity contribution in [3.05, 3.63) is 0 Å². The van der Waals surface area contributed by atoms with Gasteiger partial charge in [0.2, 0.25) is 0 Å². The van der Waals surface area contributed by atoms with Crippen molar-refractivity contribution >= 4 is 0 Å². The van der Waals surface area contributed by atoms with Gasteiger partial charge in [0.25, 0.3) is 0 Å². The molecule has 0 aromatic rings. The Balaban J connectivity index is 1.85. The Morgan fingerprint density at radius 3 is 2.56 bits per heavy atom. The van der Waals surface area contributed by atoms with Gasteiger partial charge in [-0.2, -0.15) is 0 Å². The van der Waals surface area contributed by atoms with Crippen LogP contribution in [0, 0.1) is 5.92 Å². The van der Waals surface area contributed by atoms with Gasteiger partial charge in [-0.1, -0.05) is 13.8 Å². The van der Waals surface area contributed by atoms with E-state index in [1.165, 1.54) is 25.7 Å². The molecule has 3 nitrogen and oxygen atoms in total. The van der Waals surface area contributed by atoms with Gasteiger partial charge in [0.05, 0.1) is 12.2 Å². The smallest absolute Gasteiger partial charge is 0.0876 e. The zero-order chi connectivity index (χ0) is 11.4. The molecule has 2 rings (SSSR count). The van der Waals surface area contributed by atoms with E-state index in [9.17, 15) is 0 Å². The molecule has 0 aromatic heterocycles. The molecule has 0 amide bonds. The van der Waals surface area contributed by atoms with Gasteiger partial charge < -0.3 is 14.8 Å². The van der Waals surface area contributed by atoms with Gasteiger partial charge in [-0.15, -0.1) is 0 Å². The molecule has 3 atom stereocenters. The minimum Gasteiger partial charge on any atom is -0.376 e. The van der Waals surface area contributed by atoms with Crippen molar-refractivity contribution in [2.24, 2.45) is 5.92 Å². The molecule has 2 aliphatic heterocycles. The van der Waals surface area contributed by atoms with Crippen LogP contribution in [0.3, 0.4) is 0 Å². The summed E-state index contributed by atoms with van der Waals surface area (Å²) in [5, 5.41) is 3.53. The van der Waals surface area contributed by atoms with Crippen LogP contribution in [0.25, 0.3) is 0 Å². The molecule has 94 valence electrons. The Kier molecular flexibility index (Phi) is 4.62. The van der Waals surface area contributed by atoms with Crippen LogP contribution < -0.4 is 5.32 Å². The SMILES string of the molecule is CC(C)NCC1CCCOC1C1CCCO1. The average Bonchev–Trinajstić information content (AvgIpc) is 2.80. The fourth-order valence-corrected chi connectivity index (χ4v) is 2.74. The molecule has 0 saturated carbocycles. The summed E-state index contributed by atoms with van der Waals surface area (Å²) in [7, 11) is 0. The highest BCUT2D eigenvalue weighted by Crippen LogP contribution is 2.29. The van der Waals surface area contributed by atoms with Gasteiger partial charge in [0, 0.05) is 31.7 Å². The summed E-state index contributed by atoms with van der Waals surface area (Å²) < 4.78 is 11.7. The Hall–Kier alpha value is -0.120. The van der Waals surface area contributed by atoms with Crippen molar-refractivity contribution in [2.45, 2.75) is 57.8 Å². The normalized spacial score (nSPS) is 35.8. The van der Waals surface area contributed by atoms with E-state index in [0.717, 1.165) is 19.8 Å². The highest BCUT2D eigenvalue weighted by Gasteiger charge is 2.35. The summed E-state index contributed by atoms with van der Waals surface area (Å²) in [6.07, 6.45) is 5.57. The zero-order valence-electron chi connectivity index (χ0n) is 10.6. The lowest BCUT2D eigenvalue weighted by Gasteiger charge is -2.35. The topological polar surface area (TPSA) is 30.5 Å². The van der Waals surface area contributed by atoms with Crippen LogP contribution in [0.1, 0.15) is 39.5 Å². The molecule has 2 fully saturated rings. The van der Waals surface area contributed by atoms with E-state index in [1.54, 1.807) is 0 Å². The zero-order valence-corrected chi connectivity index (χ0v) is 10.6. The van der Waals surface area contributed by atoms with Crippen LogP contribution >= 0.6 is 0 Å². The van der Waals surface area contributed by atoms with Crippen LogP contribution in [-0.4, -0.2) is 38.0 Å². The Morgan fingerprint density at radius 2 is 1.88 bits per heavy atom. The number of hydrogen-bond acceptors (Lipinski definition) is 3. The van der Waals surface area contributed by atoms with Crippen LogP contribution in [-0.2, 0) is 9.47 Å². The maximum absolute atomic E-state index is 5.94. The van der Waals surface area contributed by atoms with Crippen LogP contribution in [0.5, 0.6) is 0 Å². The van der Waals surface area contributed by atoms with Gasteiger partial charge in [-0.3, -0.25) is 0 Å². The number of ether oxygens (including phenoxy) is 2. The standard InChI is InChI=1S/C13H25NO2/c1-10(2)14-9-11-5-3-8-16-13(11)12-6-4-7-15-12/h10-14H,3-9H2,1-2H3. The van der Waals surface area contributed by atoms with Crippen LogP contribution in [0.2, 0.25) is 0 Å². The second-order valence-electron chi connectivity index (χ2n) is 5.35. The van der Waals surface area contributed by atoms with Crippen LogP contribution in [0.15, 0.2) is 0 Å². The predicted octanol–water partition coefficient (Wildman–Crippen LogP) is 1.96. The number of nitrogens with one attached hydrogen (secondary N) is 1. The largest absolute Gasteiger partial charge is 0.376 e. The van der Waals surface area contributed by atoms with Crippen molar-refractivity contribution < 1.29 is 9.47 Å². The molecule has 1 N–H and O–H groups in total. The lowest BCUT2D eigenvalue weighted by atomic mass is 9.89. The molecule has 2 aliphatic rings. The molecule has 0 radical (unpaired) electrons. The number of hydrogen-bond donors (Lipinski definition) is 1. The van der Waals surface area contributed by atoms with E-state index in [-0.39, 0.29) is 0 Å². The van der Waals surface area contributed by atoms with Gasteiger partial charge >= 0.3 is 0 Å². The van der Waals surface area contributed by atoms with Crippen molar-refractivity contribution in [3.8, 4) is 0 Å². The molecular formula is C13H25NO2. The fraction of sp³-hybridized carbons (Fsp3) is 1.00. The predicted molar refractivity (Wildman–Crippen MR) is 64.6 cm³/mol. The molecular weight excluding hydrogens is 202 g/mol. The molecule has 2 heterocycles. The van der Waals surface area contributed by atoms with Gasteiger partial charge in [0.15, 0.2) is 0 Å². The average molecular weight is 227 g/mol. The summed E-state index contributed by atoms with van der Waals surface area (Å²) >= 11 is 0. The van der Waals surface area contributed by atoms with Crippen molar-refractivity contribution in [1.82, 2.24) is 5.32 Å². The second-order valence-corrected chi connectivity index (χ2v) is 5.35. The fourth-order valence-electron chi connectivity index (χ4n) is 2.74. The molecule has 0 bridgehead atoms. The third-order valence-corrected chi connectivity index (χ3v) is 3.61. The maximum atomic E-state index is 5.94. The first-order chi connectivity index (χ1) is 7.77. The summed E-state index contributed by atoms with van der Waals surface area (Å²) in [4.78, 5) is 0. The third-order valence-electron chi connectivity index (χ3n) is 3.61. The van der Waals surface area contributed by atoms with Crippen molar-refractivity contribution in [2.75, 3.05) is 19.8 Å². The number of rotatable bonds is 4. The van der Waals surface area contributed by atoms with E-state index >= 15 is 0 Å². The quantitative estimate of drug-likeness (QED) is 0.796. The molecule has 16 heavy (non-hydrogen) atoms. The summed E-state index contributed by atoms with van der Waals surface area (Å²) in [6, 6.07) is 0.562. The summed E-state index contributed by atoms with van der Waals surface area (Å²) in [5.41, 5.74) is 0. The Morgan fingerprint density at radius 1 is 1.12 bits per heavy atom. The molecule has 3 unspecified atom stereocenters. The lowest BCUT2D eigenvalue weighted by molar-refractivity contribution is -0.100. The van der Waals surface area contributed by atoms with E-state index in [1.807, 2.05) is 0 Å². The first-order valence-corrected chi connectivity index (χ1v) is 6.74. The van der Waals surface area contributed by atoms with Crippen molar-refractivity contribution in [3.63, 3.8) is 0 Å². The van der Waals surface area contributed by atoms with Crippen molar-refractivity contribution in [1.29, 1.82) is 0 Å². The van der Waals surface area contributed by atoms with Crippen LogP contribution in [0.4, 0.5) is 0 Å². The summed E-state index contributed by atoms with van der Waals surface area (Å²) in [5.74, 6) is 0.638. The van der Waals surface area contributed by atoms with Gasteiger partial charge in [0.1, 0.15) is 0 Å². The molecule has 0 aromatic carbocycles. The maximum Gasteiger partial charge on any atom is 0.0876 e. The molecule has 0 spiro atoms.